The minimum Gasteiger partial charge on any atom is -0.460 e. The van der Waals surface area contributed by atoms with E-state index in [1.807, 2.05) is 0 Å². The molecule has 0 aromatic heterocycles. The molecule has 1 unspecified atom stereocenters. The average Bonchev–Trinajstić information content (AvgIpc) is 3.09. The van der Waals surface area contributed by atoms with Crippen molar-refractivity contribution >= 4 is 29.1 Å². The summed E-state index contributed by atoms with van der Waals surface area (Å²) < 4.78 is 90.4. The summed E-state index contributed by atoms with van der Waals surface area (Å²) in [4.78, 5) is 45.1. The fourth-order valence-electron chi connectivity index (χ4n) is 5.19. The summed E-state index contributed by atoms with van der Waals surface area (Å²) in [7, 11) is 1.53. The number of fused-ring (bicyclic) bond motifs is 1. The molecule has 47 heavy (non-hydrogen) atoms. The van der Waals surface area contributed by atoms with Gasteiger partial charge in [-0.15, -0.1) is 0 Å². The van der Waals surface area contributed by atoms with Crippen molar-refractivity contribution < 1.29 is 50.2 Å². The monoisotopic (exact) mass is 671 g/mol. The van der Waals surface area contributed by atoms with Gasteiger partial charge in [0, 0.05) is 49.7 Å². The van der Waals surface area contributed by atoms with Crippen molar-refractivity contribution in [2.45, 2.75) is 77.0 Å². The summed E-state index contributed by atoms with van der Waals surface area (Å²) in [6.07, 6.45) is -16.5. The number of halogens is 6. The molecule has 258 valence electrons. The Labute approximate surface area is 269 Å². The molecule has 0 spiro atoms. The topological polar surface area (TPSA) is 106 Å². The van der Waals surface area contributed by atoms with E-state index in [0.717, 1.165) is 0 Å². The minimum absolute atomic E-state index is 0.243. The number of nitrogens with one attached hydrogen (secondary N) is 2. The van der Waals surface area contributed by atoms with Crippen molar-refractivity contribution in [1.29, 1.82) is 0 Å². The highest BCUT2D eigenvalue weighted by molar-refractivity contribution is 6.17. The zero-order valence-electron chi connectivity index (χ0n) is 26.6. The number of ether oxygens (including phenoxy) is 2. The van der Waals surface area contributed by atoms with Crippen LogP contribution in [-0.2, 0) is 30.3 Å². The van der Waals surface area contributed by atoms with Gasteiger partial charge in [-0.25, -0.2) is 0 Å². The van der Waals surface area contributed by atoms with Gasteiger partial charge >= 0.3 is 18.3 Å². The molecule has 0 aliphatic carbocycles. The van der Waals surface area contributed by atoms with Crippen LogP contribution < -0.4 is 10.6 Å². The fourth-order valence-corrected chi connectivity index (χ4v) is 5.19. The van der Waals surface area contributed by atoms with Gasteiger partial charge in [-0.3, -0.25) is 19.4 Å². The number of rotatable bonds is 13. The highest BCUT2D eigenvalue weighted by Gasteiger charge is 2.42. The molecule has 0 radical (unpaired) electrons. The van der Waals surface area contributed by atoms with Gasteiger partial charge < -0.3 is 20.1 Å². The number of benzene rings is 2. The van der Waals surface area contributed by atoms with Gasteiger partial charge in [-0.2, -0.15) is 26.3 Å². The largest absolute Gasteiger partial charge is 0.460 e. The van der Waals surface area contributed by atoms with E-state index < -0.39 is 79.3 Å². The van der Waals surface area contributed by atoms with Gasteiger partial charge in [-0.05, 0) is 45.2 Å². The molecular weight excluding hydrogens is 632 g/mol. The molecule has 2 aromatic rings. The number of esters is 1. The van der Waals surface area contributed by atoms with Crippen LogP contribution in [0.1, 0.15) is 63.1 Å². The number of methoxy groups -OCH3 is 1. The van der Waals surface area contributed by atoms with Crippen LogP contribution in [0.2, 0.25) is 0 Å². The molecule has 0 saturated carbocycles. The van der Waals surface area contributed by atoms with Crippen molar-refractivity contribution in [2.75, 3.05) is 25.6 Å². The number of ketones is 1. The molecule has 1 amide bonds. The van der Waals surface area contributed by atoms with Crippen LogP contribution in [0.4, 0.5) is 32.0 Å². The third-order valence-corrected chi connectivity index (χ3v) is 7.30. The molecule has 1 heterocycles. The lowest BCUT2D eigenvalue weighted by Gasteiger charge is -2.30. The molecule has 1 aliphatic heterocycles. The van der Waals surface area contributed by atoms with E-state index in [1.165, 1.54) is 27.9 Å². The zero-order chi connectivity index (χ0) is 35.0. The quantitative estimate of drug-likeness (QED) is 0.145. The lowest BCUT2D eigenvalue weighted by Crippen LogP contribution is -2.47. The number of amides is 1. The smallest absolute Gasteiger partial charge is 0.389 e. The normalized spacial score (nSPS) is 16.8. The second kappa shape index (κ2) is 15.8. The maximum atomic E-state index is 13.8. The number of aliphatic imine (C=N–C) groups is 1. The first-order chi connectivity index (χ1) is 21.9. The van der Waals surface area contributed by atoms with Crippen molar-refractivity contribution in [3.8, 4) is 0 Å². The van der Waals surface area contributed by atoms with Gasteiger partial charge in [0.05, 0.1) is 24.2 Å². The van der Waals surface area contributed by atoms with E-state index in [2.05, 4.69) is 15.6 Å². The number of carbonyl (C=O) groups is 3. The maximum Gasteiger partial charge on any atom is 0.389 e. The molecule has 8 nitrogen and oxygen atoms in total. The first-order valence-electron chi connectivity index (χ1n) is 15.1. The minimum atomic E-state index is -4.79. The van der Waals surface area contributed by atoms with Crippen molar-refractivity contribution in [3.05, 3.63) is 65.2 Å². The maximum absolute atomic E-state index is 13.8. The predicted octanol–water partition coefficient (Wildman–Crippen LogP) is 6.41. The Morgan fingerprint density at radius 2 is 1.53 bits per heavy atom. The van der Waals surface area contributed by atoms with Gasteiger partial charge in [0.1, 0.15) is 5.60 Å². The predicted molar refractivity (Wildman–Crippen MR) is 163 cm³/mol. The summed E-state index contributed by atoms with van der Waals surface area (Å²) in [5.74, 6) is -6.88. The number of carbonyl (C=O) groups excluding carboxylic acids is 3. The van der Waals surface area contributed by atoms with Crippen molar-refractivity contribution in [2.24, 2.45) is 16.8 Å². The lowest BCUT2D eigenvalue weighted by molar-refractivity contribution is -0.171. The molecule has 0 fully saturated rings. The molecule has 0 saturated heterocycles. The van der Waals surface area contributed by atoms with Crippen LogP contribution in [0.15, 0.2) is 53.5 Å². The van der Waals surface area contributed by atoms with Crippen LogP contribution in [0.5, 0.6) is 0 Å². The third kappa shape index (κ3) is 11.7. The standard InChI is InChI=1S/C33H39F6N3O5/c1-31(2,3)47-30(45)23(14-16-33(37,38)39)22(13-15-32(34,35)36)29(44)42-28-26(43)19-24-21(11-8-12-25(24)40-17-18-46-4)27(41-28)20-9-6-5-7-10-20/h5-12,22-23,28,40H,13-19H2,1-4H3,(H,42,44)/t22-,23+,28?/m1/s1. The van der Waals surface area contributed by atoms with E-state index in [0.29, 0.717) is 41.2 Å². The van der Waals surface area contributed by atoms with Crippen LogP contribution >= 0.6 is 0 Å². The first-order valence-corrected chi connectivity index (χ1v) is 15.1. The second-order valence-corrected chi connectivity index (χ2v) is 12.2. The molecule has 14 heteroatoms. The van der Waals surface area contributed by atoms with E-state index in [1.54, 1.807) is 48.5 Å². The first kappa shape index (κ1) is 37.5. The highest BCUT2D eigenvalue weighted by atomic mass is 19.4. The van der Waals surface area contributed by atoms with E-state index in [4.69, 9.17) is 9.47 Å². The number of Topliss-reactive ketones (excluding diaryl/α,β-unsaturated/α-hetero) is 1. The molecule has 2 aromatic carbocycles. The van der Waals surface area contributed by atoms with Crippen LogP contribution in [0.25, 0.3) is 0 Å². The summed E-state index contributed by atoms with van der Waals surface area (Å²) >= 11 is 0. The van der Waals surface area contributed by atoms with Gasteiger partial charge in [0.2, 0.25) is 5.91 Å². The summed E-state index contributed by atoms with van der Waals surface area (Å²) in [6, 6.07) is 13.9. The van der Waals surface area contributed by atoms with Crippen LogP contribution in [-0.4, -0.2) is 67.8 Å². The zero-order valence-corrected chi connectivity index (χ0v) is 26.6. The second-order valence-electron chi connectivity index (χ2n) is 12.2. The Morgan fingerprint density at radius 3 is 2.11 bits per heavy atom. The Kier molecular flexibility index (Phi) is 12.6. The van der Waals surface area contributed by atoms with E-state index in [9.17, 15) is 40.7 Å². The number of hydrogen-bond acceptors (Lipinski definition) is 7. The Balaban J connectivity index is 2.06. The molecule has 0 bridgehead atoms. The van der Waals surface area contributed by atoms with Crippen molar-refractivity contribution in [3.63, 3.8) is 0 Å². The van der Waals surface area contributed by atoms with Crippen molar-refractivity contribution in [1.82, 2.24) is 5.32 Å². The summed E-state index contributed by atoms with van der Waals surface area (Å²) in [5.41, 5.74) is 1.39. The fraction of sp³-hybridized carbons (Fsp3) is 0.515. The van der Waals surface area contributed by atoms with Gasteiger partial charge in [-0.1, -0.05) is 42.5 Å². The van der Waals surface area contributed by atoms with E-state index in [-0.39, 0.29) is 6.42 Å². The Bertz CT molecular complexity index is 1420. The van der Waals surface area contributed by atoms with Crippen LogP contribution in [0, 0.1) is 11.8 Å². The third-order valence-electron chi connectivity index (χ3n) is 7.30. The van der Waals surface area contributed by atoms with Gasteiger partial charge in [0.25, 0.3) is 0 Å². The Morgan fingerprint density at radius 1 is 0.915 bits per heavy atom. The average molecular weight is 672 g/mol. The van der Waals surface area contributed by atoms with E-state index >= 15 is 0 Å². The molecule has 2 N–H and O–H groups in total. The highest BCUT2D eigenvalue weighted by Crippen LogP contribution is 2.35. The van der Waals surface area contributed by atoms with Gasteiger partial charge in [0.15, 0.2) is 11.9 Å². The summed E-state index contributed by atoms with van der Waals surface area (Å²) in [5, 5.41) is 5.58. The number of hydrogen-bond donors (Lipinski definition) is 2. The lowest BCUT2D eigenvalue weighted by atomic mass is 9.83. The molecule has 3 atom stereocenters. The molecular formula is C33H39F6N3O5. The number of nitrogens with zero attached hydrogens (tertiary/aromatic N) is 1. The summed E-state index contributed by atoms with van der Waals surface area (Å²) in [6.45, 7) is 5.09. The van der Waals surface area contributed by atoms with Crippen LogP contribution in [0.3, 0.4) is 0 Å². The molecule has 3 rings (SSSR count). The Hall–Kier alpha value is -3.94. The number of anilines is 1. The SMILES string of the molecule is COCCNc1cccc2c1CC(=O)C(NC(=O)[C@H](CCC(F)(F)F)[C@H](CCC(F)(F)F)C(=O)OC(C)(C)C)N=C2c1ccccc1. The number of alkyl halides is 6. The molecule has 1 aliphatic rings.